The van der Waals surface area contributed by atoms with Crippen molar-refractivity contribution in [3.63, 3.8) is 0 Å². The molecule has 0 saturated heterocycles. The molecule has 1 aliphatic rings. The van der Waals surface area contributed by atoms with Crippen molar-refractivity contribution in [1.29, 1.82) is 0 Å². The summed E-state index contributed by atoms with van der Waals surface area (Å²) in [5, 5.41) is 0. The maximum Gasteiger partial charge on any atom is 0.0326 e. The first-order chi connectivity index (χ1) is 6.79. The maximum absolute atomic E-state index is 6.30. The Morgan fingerprint density at radius 1 is 1.21 bits per heavy atom. The van der Waals surface area contributed by atoms with E-state index in [-0.39, 0.29) is 6.04 Å². The van der Waals surface area contributed by atoms with E-state index < -0.39 is 0 Å². The van der Waals surface area contributed by atoms with Crippen LogP contribution in [-0.2, 0) is 0 Å². The Bertz CT molecular complexity index is 300. The van der Waals surface area contributed by atoms with Crippen LogP contribution in [0.4, 0.5) is 0 Å². The topological polar surface area (TPSA) is 26.0 Å². The van der Waals surface area contributed by atoms with Crippen molar-refractivity contribution in [1.82, 2.24) is 0 Å². The highest BCUT2D eigenvalue weighted by atomic mass is 14.7. The van der Waals surface area contributed by atoms with Gasteiger partial charge in [0.1, 0.15) is 0 Å². The molecule has 14 heavy (non-hydrogen) atoms. The van der Waals surface area contributed by atoms with Gasteiger partial charge in [0.25, 0.3) is 0 Å². The molecule has 0 aliphatic heterocycles. The minimum Gasteiger partial charge on any atom is -0.324 e. The summed E-state index contributed by atoms with van der Waals surface area (Å²) >= 11 is 0. The van der Waals surface area contributed by atoms with Gasteiger partial charge >= 0.3 is 0 Å². The molecule has 1 unspecified atom stereocenters. The van der Waals surface area contributed by atoms with E-state index in [1.807, 2.05) is 0 Å². The lowest BCUT2D eigenvalue weighted by Crippen LogP contribution is -2.19. The Morgan fingerprint density at radius 2 is 1.86 bits per heavy atom. The van der Waals surface area contributed by atoms with Crippen LogP contribution >= 0.6 is 0 Å². The third kappa shape index (κ3) is 1.83. The van der Waals surface area contributed by atoms with Crippen LogP contribution in [0.3, 0.4) is 0 Å². The number of aryl methyl sites for hydroxylation is 1. The summed E-state index contributed by atoms with van der Waals surface area (Å²) in [5.74, 6) is 0.719. The molecule has 1 aromatic rings. The smallest absolute Gasteiger partial charge is 0.0326 e. The summed E-state index contributed by atoms with van der Waals surface area (Å²) in [6, 6.07) is 8.78. The van der Waals surface area contributed by atoms with E-state index in [0.717, 1.165) is 5.92 Å². The number of hydrogen-bond acceptors (Lipinski definition) is 1. The van der Waals surface area contributed by atoms with Crippen LogP contribution in [-0.4, -0.2) is 0 Å². The molecule has 1 heteroatoms. The summed E-state index contributed by atoms with van der Waals surface area (Å²) in [7, 11) is 0. The third-order valence-electron chi connectivity index (χ3n) is 3.46. The molecule has 1 saturated carbocycles. The second-order valence-corrected chi connectivity index (χ2v) is 4.43. The monoisotopic (exact) mass is 189 g/mol. The summed E-state index contributed by atoms with van der Waals surface area (Å²) in [4.78, 5) is 0. The highest BCUT2D eigenvalue weighted by molar-refractivity contribution is 5.29. The van der Waals surface area contributed by atoms with Gasteiger partial charge in [0, 0.05) is 6.04 Å². The lowest BCUT2D eigenvalue weighted by molar-refractivity contribution is 0.443. The van der Waals surface area contributed by atoms with Crippen molar-refractivity contribution in [2.75, 3.05) is 0 Å². The van der Waals surface area contributed by atoms with E-state index in [0.29, 0.717) is 0 Å². The normalized spacial score (nSPS) is 19.9. The van der Waals surface area contributed by atoms with Crippen LogP contribution < -0.4 is 5.73 Å². The Kier molecular flexibility index (Phi) is 2.87. The van der Waals surface area contributed by atoms with Crippen molar-refractivity contribution in [3.05, 3.63) is 35.4 Å². The Hall–Kier alpha value is -0.820. The zero-order valence-electron chi connectivity index (χ0n) is 8.87. The van der Waals surface area contributed by atoms with Gasteiger partial charge in [-0.3, -0.25) is 0 Å². The SMILES string of the molecule is Cc1ccccc1C(N)C1CCCC1. The largest absolute Gasteiger partial charge is 0.324 e. The van der Waals surface area contributed by atoms with Gasteiger partial charge in [-0.1, -0.05) is 37.1 Å². The predicted octanol–water partition coefficient (Wildman–Crippen LogP) is 3.19. The van der Waals surface area contributed by atoms with Gasteiger partial charge < -0.3 is 5.73 Å². The number of hydrogen-bond donors (Lipinski definition) is 1. The third-order valence-corrected chi connectivity index (χ3v) is 3.46. The maximum atomic E-state index is 6.30. The van der Waals surface area contributed by atoms with Gasteiger partial charge in [0.2, 0.25) is 0 Å². The zero-order chi connectivity index (χ0) is 9.97. The van der Waals surface area contributed by atoms with Crippen LogP contribution in [0.2, 0.25) is 0 Å². The van der Waals surface area contributed by atoms with Crippen molar-refractivity contribution < 1.29 is 0 Å². The van der Waals surface area contributed by atoms with E-state index in [4.69, 9.17) is 5.73 Å². The highest BCUT2D eigenvalue weighted by Crippen LogP contribution is 2.34. The first-order valence-corrected chi connectivity index (χ1v) is 5.60. The molecule has 1 aliphatic carbocycles. The Balaban J connectivity index is 2.17. The van der Waals surface area contributed by atoms with Gasteiger partial charge in [-0.15, -0.1) is 0 Å². The molecule has 0 spiro atoms. The van der Waals surface area contributed by atoms with Gasteiger partial charge in [0.05, 0.1) is 0 Å². The standard InChI is InChI=1S/C13H19N/c1-10-6-2-5-9-12(10)13(14)11-7-3-4-8-11/h2,5-6,9,11,13H,3-4,7-8,14H2,1H3. The van der Waals surface area contributed by atoms with E-state index >= 15 is 0 Å². The first-order valence-electron chi connectivity index (χ1n) is 5.60. The van der Waals surface area contributed by atoms with Crippen molar-refractivity contribution in [2.24, 2.45) is 11.7 Å². The molecule has 0 heterocycles. The van der Waals surface area contributed by atoms with Gasteiger partial charge in [-0.25, -0.2) is 0 Å². The van der Waals surface area contributed by atoms with Gasteiger partial charge in [0.15, 0.2) is 0 Å². The van der Waals surface area contributed by atoms with Crippen molar-refractivity contribution in [2.45, 2.75) is 38.6 Å². The van der Waals surface area contributed by atoms with Crippen LogP contribution in [0.25, 0.3) is 0 Å². The van der Waals surface area contributed by atoms with Crippen LogP contribution in [0, 0.1) is 12.8 Å². The molecular weight excluding hydrogens is 170 g/mol. The van der Waals surface area contributed by atoms with E-state index in [1.54, 1.807) is 0 Å². The molecule has 0 aromatic heterocycles. The van der Waals surface area contributed by atoms with Crippen molar-refractivity contribution >= 4 is 0 Å². The average molecular weight is 189 g/mol. The van der Waals surface area contributed by atoms with Gasteiger partial charge in [-0.2, -0.15) is 0 Å². The molecular formula is C13H19N. The molecule has 2 N–H and O–H groups in total. The van der Waals surface area contributed by atoms with Crippen LogP contribution in [0.1, 0.15) is 42.9 Å². The zero-order valence-corrected chi connectivity index (χ0v) is 8.87. The van der Waals surface area contributed by atoms with Crippen LogP contribution in [0.15, 0.2) is 24.3 Å². The highest BCUT2D eigenvalue weighted by Gasteiger charge is 2.23. The molecule has 76 valence electrons. The second kappa shape index (κ2) is 4.14. The number of nitrogens with two attached hydrogens (primary N) is 1. The molecule has 1 fully saturated rings. The lowest BCUT2D eigenvalue weighted by atomic mass is 9.90. The fourth-order valence-corrected chi connectivity index (χ4v) is 2.53. The second-order valence-electron chi connectivity index (χ2n) is 4.43. The lowest BCUT2D eigenvalue weighted by Gasteiger charge is -2.20. The quantitative estimate of drug-likeness (QED) is 0.759. The minimum atomic E-state index is 0.263. The Morgan fingerprint density at radius 3 is 2.50 bits per heavy atom. The molecule has 0 amide bonds. The molecule has 0 bridgehead atoms. The van der Waals surface area contributed by atoms with Crippen LogP contribution in [0.5, 0.6) is 0 Å². The molecule has 2 rings (SSSR count). The summed E-state index contributed by atoms with van der Waals surface area (Å²) in [6.45, 7) is 2.16. The summed E-state index contributed by atoms with van der Waals surface area (Å²) in [5.41, 5.74) is 8.99. The van der Waals surface area contributed by atoms with E-state index in [1.165, 1.54) is 36.8 Å². The predicted molar refractivity (Wildman–Crippen MR) is 60.1 cm³/mol. The molecule has 1 atom stereocenters. The molecule has 1 aromatic carbocycles. The molecule has 1 nitrogen and oxygen atoms in total. The fourth-order valence-electron chi connectivity index (χ4n) is 2.53. The average Bonchev–Trinajstić information content (AvgIpc) is 2.70. The minimum absolute atomic E-state index is 0.263. The fraction of sp³-hybridized carbons (Fsp3) is 0.538. The van der Waals surface area contributed by atoms with Gasteiger partial charge in [-0.05, 0) is 36.8 Å². The Labute approximate surface area is 86.3 Å². The molecule has 0 radical (unpaired) electrons. The van der Waals surface area contributed by atoms with E-state index in [2.05, 4.69) is 31.2 Å². The summed E-state index contributed by atoms with van der Waals surface area (Å²) < 4.78 is 0. The number of rotatable bonds is 2. The first kappa shape index (κ1) is 9.72. The van der Waals surface area contributed by atoms with Crippen molar-refractivity contribution in [3.8, 4) is 0 Å². The number of benzene rings is 1. The van der Waals surface area contributed by atoms with E-state index in [9.17, 15) is 0 Å². The summed E-state index contributed by atoms with van der Waals surface area (Å²) in [6.07, 6.45) is 5.36.